The number of primary sulfonamides is 1. The lowest BCUT2D eigenvalue weighted by molar-refractivity contribution is 0.575. The molecule has 0 aliphatic rings. The first-order valence-corrected chi connectivity index (χ1v) is 5.77. The molecule has 0 saturated heterocycles. The lowest BCUT2D eigenvalue weighted by Crippen LogP contribution is -2.20. The first kappa shape index (κ1) is 11.4. The Kier molecular flexibility index (Phi) is 3.14. The van der Waals surface area contributed by atoms with E-state index in [0.717, 1.165) is 6.07 Å². The normalized spacial score (nSPS) is 14.0. The predicted molar refractivity (Wildman–Crippen MR) is 52.9 cm³/mol. The van der Waals surface area contributed by atoms with Gasteiger partial charge in [-0.15, -0.1) is 0 Å². The van der Waals surface area contributed by atoms with Gasteiger partial charge in [-0.1, -0.05) is 11.6 Å². The van der Waals surface area contributed by atoms with Crippen LogP contribution < -0.4 is 5.14 Å². The van der Waals surface area contributed by atoms with Gasteiger partial charge in [0.1, 0.15) is 11.1 Å². The zero-order valence-electron chi connectivity index (χ0n) is 7.37. The van der Waals surface area contributed by atoms with Crippen molar-refractivity contribution >= 4 is 21.6 Å². The molecule has 0 fully saturated rings. The number of benzene rings is 1. The number of rotatable bonds is 2. The highest BCUT2D eigenvalue weighted by atomic mass is 35.5. The molecular formula is C8H9ClFNO2S. The Bertz CT molecular complexity index is 447. The maximum Gasteiger partial charge on any atom is 0.215 e. The van der Waals surface area contributed by atoms with Gasteiger partial charge in [-0.2, -0.15) is 0 Å². The standard InChI is InChI=1S/C8H9ClFNO2S/c1-5(14(11,12)13)7-4-6(9)2-3-8(7)10/h2-5H,1H3,(H2,11,12,13)/t5-/m0/s1. The fourth-order valence-electron chi connectivity index (χ4n) is 1.00. The van der Waals surface area contributed by atoms with Crippen LogP contribution in [-0.2, 0) is 10.0 Å². The van der Waals surface area contributed by atoms with Crippen molar-refractivity contribution in [3.63, 3.8) is 0 Å². The highest BCUT2D eigenvalue weighted by Gasteiger charge is 2.21. The summed E-state index contributed by atoms with van der Waals surface area (Å²) in [6.07, 6.45) is 0. The van der Waals surface area contributed by atoms with Gasteiger partial charge >= 0.3 is 0 Å². The Labute approximate surface area is 86.7 Å². The highest BCUT2D eigenvalue weighted by Crippen LogP contribution is 2.25. The van der Waals surface area contributed by atoms with E-state index < -0.39 is 21.1 Å². The molecule has 1 aromatic rings. The number of hydrogen-bond donors (Lipinski definition) is 1. The van der Waals surface area contributed by atoms with E-state index in [2.05, 4.69) is 0 Å². The molecule has 3 nitrogen and oxygen atoms in total. The van der Waals surface area contributed by atoms with Gasteiger partial charge in [-0.25, -0.2) is 17.9 Å². The van der Waals surface area contributed by atoms with Crippen LogP contribution in [0.1, 0.15) is 17.7 Å². The van der Waals surface area contributed by atoms with Crippen LogP contribution in [0.15, 0.2) is 18.2 Å². The molecular weight excluding hydrogens is 229 g/mol. The van der Waals surface area contributed by atoms with Gasteiger partial charge in [0, 0.05) is 10.6 Å². The Morgan fingerprint density at radius 3 is 2.57 bits per heavy atom. The van der Waals surface area contributed by atoms with E-state index in [1.165, 1.54) is 19.1 Å². The highest BCUT2D eigenvalue weighted by molar-refractivity contribution is 7.89. The molecule has 14 heavy (non-hydrogen) atoms. The maximum atomic E-state index is 13.2. The van der Waals surface area contributed by atoms with Gasteiger partial charge in [0.2, 0.25) is 10.0 Å². The Morgan fingerprint density at radius 2 is 2.07 bits per heavy atom. The van der Waals surface area contributed by atoms with E-state index >= 15 is 0 Å². The Morgan fingerprint density at radius 1 is 1.50 bits per heavy atom. The molecule has 0 spiro atoms. The molecule has 0 aliphatic carbocycles. The summed E-state index contributed by atoms with van der Waals surface area (Å²) in [5.74, 6) is -0.629. The Balaban J connectivity index is 3.26. The fraction of sp³-hybridized carbons (Fsp3) is 0.250. The van der Waals surface area contributed by atoms with Crippen LogP contribution in [0.4, 0.5) is 4.39 Å². The van der Waals surface area contributed by atoms with Crippen molar-refractivity contribution in [1.82, 2.24) is 0 Å². The summed E-state index contributed by atoms with van der Waals surface area (Å²) in [7, 11) is -3.79. The topological polar surface area (TPSA) is 60.2 Å². The third-order valence-corrected chi connectivity index (χ3v) is 3.36. The Hall–Kier alpha value is -0.650. The number of sulfonamides is 1. The smallest absolute Gasteiger partial charge is 0.215 e. The minimum absolute atomic E-state index is 0.0139. The number of halogens is 2. The van der Waals surface area contributed by atoms with Gasteiger partial charge in [-0.3, -0.25) is 0 Å². The maximum absolute atomic E-state index is 13.2. The predicted octanol–water partition coefficient (Wildman–Crippen LogP) is 1.83. The van der Waals surface area contributed by atoms with Gasteiger partial charge in [0.05, 0.1) is 0 Å². The van der Waals surface area contributed by atoms with Gasteiger partial charge in [0.15, 0.2) is 0 Å². The number of hydrogen-bond acceptors (Lipinski definition) is 2. The molecule has 0 unspecified atom stereocenters. The van der Waals surface area contributed by atoms with E-state index in [9.17, 15) is 12.8 Å². The average molecular weight is 238 g/mol. The van der Waals surface area contributed by atoms with Gasteiger partial charge < -0.3 is 0 Å². The van der Waals surface area contributed by atoms with Crippen LogP contribution in [0.3, 0.4) is 0 Å². The number of nitrogens with two attached hydrogens (primary N) is 1. The summed E-state index contributed by atoms with van der Waals surface area (Å²) >= 11 is 5.61. The molecule has 6 heteroatoms. The summed E-state index contributed by atoms with van der Waals surface area (Å²) < 4.78 is 35.1. The molecule has 0 aromatic heterocycles. The quantitative estimate of drug-likeness (QED) is 0.853. The molecule has 0 saturated carbocycles. The van der Waals surface area contributed by atoms with Crippen molar-refractivity contribution in [2.45, 2.75) is 12.2 Å². The van der Waals surface area contributed by atoms with Crippen molar-refractivity contribution in [2.24, 2.45) is 5.14 Å². The molecule has 78 valence electrons. The minimum atomic E-state index is -3.79. The first-order chi connectivity index (χ1) is 6.32. The molecule has 2 N–H and O–H groups in total. The van der Waals surface area contributed by atoms with Gasteiger partial charge in [0.25, 0.3) is 0 Å². The molecule has 0 heterocycles. The van der Waals surface area contributed by atoms with Crippen LogP contribution in [-0.4, -0.2) is 8.42 Å². The lowest BCUT2D eigenvalue weighted by atomic mass is 10.1. The SMILES string of the molecule is C[C@@H](c1cc(Cl)ccc1F)S(N)(=O)=O. The summed E-state index contributed by atoms with van der Waals surface area (Å²) in [5, 5.41) is 4.07. The summed E-state index contributed by atoms with van der Waals surface area (Å²) in [5.41, 5.74) is -0.0139. The van der Waals surface area contributed by atoms with Crippen LogP contribution in [0, 0.1) is 5.82 Å². The van der Waals surface area contributed by atoms with E-state index in [0.29, 0.717) is 0 Å². The monoisotopic (exact) mass is 237 g/mol. The largest absolute Gasteiger partial charge is 0.228 e. The fourth-order valence-corrected chi connectivity index (χ4v) is 1.72. The molecule has 1 aromatic carbocycles. The molecule has 0 radical (unpaired) electrons. The van der Waals surface area contributed by atoms with E-state index in [1.807, 2.05) is 0 Å². The third kappa shape index (κ3) is 2.43. The van der Waals surface area contributed by atoms with Gasteiger partial charge in [-0.05, 0) is 25.1 Å². The van der Waals surface area contributed by atoms with E-state index in [-0.39, 0.29) is 10.6 Å². The second-order valence-electron chi connectivity index (χ2n) is 2.90. The van der Waals surface area contributed by atoms with Crippen molar-refractivity contribution < 1.29 is 12.8 Å². The average Bonchev–Trinajstić information content (AvgIpc) is 2.06. The lowest BCUT2D eigenvalue weighted by Gasteiger charge is -2.10. The molecule has 1 rings (SSSR count). The van der Waals surface area contributed by atoms with Crippen molar-refractivity contribution in [2.75, 3.05) is 0 Å². The minimum Gasteiger partial charge on any atom is -0.228 e. The van der Waals surface area contributed by atoms with Crippen LogP contribution in [0.25, 0.3) is 0 Å². The van der Waals surface area contributed by atoms with Crippen molar-refractivity contribution in [1.29, 1.82) is 0 Å². The third-order valence-electron chi connectivity index (χ3n) is 1.89. The molecule has 0 bridgehead atoms. The van der Waals surface area contributed by atoms with E-state index in [1.54, 1.807) is 0 Å². The van der Waals surface area contributed by atoms with Crippen molar-refractivity contribution in [3.8, 4) is 0 Å². The first-order valence-electron chi connectivity index (χ1n) is 3.79. The van der Waals surface area contributed by atoms with E-state index in [4.69, 9.17) is 16.7 Å². The molecule has 1 atom stereocenters. The molecule has 0 aliphatic heterocycles. The van der Waals surface area contributed by atoms with Crippen LogP contribution in [0.2, 0.25) is 5.02 Å². The summed E-state index contributed by atoms with van der Waals surface area (Å²) in [6.45, 7) is 1.31. The molecule has 0 amide bonds. The van der Waals surface area contributed by atoms with Crippen LogP contribution >= 0.6 is 11.6 Å². The van der Waals surface area contributed by atoms with Crippen molar-refractivity contribution in [3.05, 3.63) is 34.6 Å². The zero-order valence-corrected chi connectivity index (χ0v) is 8.94. The zero-order chi connectivity index (χ0) is 10.9. The second-order valence-corrected chi connectivity index (χ2v) is 5.22. The van der Waals surface area contributed by atoms with Crippen LogP contribution in [0.5, 0.6) is 0 Å². The summed E-state index contributed by atoms with van der Waals surface area (Å²) in [4.78, 5) is 0. The summed E-state index contributed by atoms with van der Waals surface area (Å²) in [6, 6.07) is 3.71. The second kappa shape index (κ2) is 3.84.